The number of rotatable bonds is 0. The number of carbonyl (C=O) groups is 2. The van der Waals surface area contributed by atoms with Crippen molar-refractivity contribution in [2.75, 3.05) is 11.5 Å². The van der Waals surface area contributed by atoms with Crippen LogP contribution in [0.5, 0.6) is 0 Å². The monoisotopic (exact) mass is 410 g/mol. The van der Waals surface area contributed by atoms with Gasteiger partial charge < -0.3 is 10.1 Å². The summed E-state index contributed by atoms with van der Waals surface area (Å²) in [6.07, 6.45) is 3.44. The van der Waals surface area contributed by atoms with Crippen LogP contribution in [0.2, 0.25) is 0 Å². The van der Waals surface area contributed by atoms with Gasteiger partial charge in [-0.2, -0.15) is 5.10 Å². The number of aryl methyl sites for hydroxylation is 1. The van der Waals surface area contributed by atoms with Crippen molar-refractivity contribution in [3.63, 3.8) is 0 Å². The van der Waals surface area contributed by atoms with Crippen molar-refractivity contribution in [3.05, 3.63) is 53.4 Å². The van der Waals surface area contributed by atoms with Crippen molar-refractivity contribution in [2.45, 2.75) is 38.3 Å². The highest BCUT2D eigenvalue weighted by molar-refractivity contribution is 6.00. The van der Waals surface area contributed by atoms with Gasteiger partial charge >= 0.3 is 6.09 Å². The minimum absolute atomic E-state index is 0.0275. The second kappa shape index (κ2) is 6.48. The van der Waals surface area contributed by atoms with E-state index in [9.17, 15) is 14.0 Å². The molecule has 1 fully saturated rings. The van der Waals surface area contributed by atoms with Gasteiger partial charge in [0.15, 0.2) is 5.65 Å². The zero-order valence-corrected chi connectivity index (χ0v) is 16.4. The lowest BCUT2D eigenvalue weighted by Gasteiger charge is -2.27. The van der Waals surface area contributed by atoms with Gasteiger partial charge in [-0.1, -0.05) is 0 Å². The topological polar surface area (TPSA) is 102 Å². The van der Waals surface area contributed by atoms with Crippen molar-refractivity contribution in [2.24, 2.45) is 0 Å². The van der Waals surface area contributed by atoms with Crippen LogP contribution < -0.4 is 10.2 Å². The zero-order chi connectivity index (χ0) is 21.0. The first-order valence-electron chi connectivity index (χ1n) is 9.60. The minimum atomic E-state index is -0.627. The van der Waals surface area contributed by atoms with Crippen LogP contribution >= 0.6 is 0 Å². The van der Waals surface area contributed by atoms with Crippen molar-refractivity contribution >= 4 is 23.5 Å². The van der Waals surface area contributed by atoms with Gasteiger partial charge in [-0.15, -0.1) is 0 Å². The highest BCUT2D eigenvalue weighted by Crippen LogP contribution is 2.32. The van der Waals surface area contributed by atoms with Gasteiger partial charge in [0.05, 0.1) is 11.9 Å². The lowest BCUT2D eigenvalue weighted by Crippen LogP contribution is -2.43. The van der Waals surface area contributed by atoms with Crippen LogP contribution in [0.15, 0.2) is 30.6 Å². The molecule has 0 radical (unpaired) electrons. The maximum absolute atomic E-state index is 14.4. The van der Waals surface area contributed by atoms with E-state index in [0.29, 0.717) is 35.4 Å². The third kappa shape index (κ3) is 3.04. The molecule has 9 nitrogen and oxygen atoms in total. The molecule has 10 heteroatoms. The number of carbonyl (C=O) groups excluding carboxylic acids is 2. The number of fused-ring (bicyclic) bond motifs is 6. The molecular formula is C20H19FN6O3. The molecule has 3 aromatic rings. The van der Waals surface area contributed by atoms with Crippen LogP contribution in [-0.4, -0.2) is 43.7 Å². The Hall–Kier alpha value is -3.56. The highest BCUT2D eigenvalue weighted by Gasteiger charge is 2.38. The molecule has 1 atom stereocenters. The normalized spacial score (nSPS) is 20.6. The maximum Gasteiger partial charge on any atom is 0.416 e. The average molecular weight is 410 g/mol. The van der Waals surface area contributed by atoms with Crippen LogP contribution in [0, 0.1) is 5.82 Å². The number of nitrogens with one attached hydrogen (secondary N) is 1. The fourth-order valence-electron chi connectivity index (χ4n) is 3.80. The van der Waals surface area contributed by atoms with E-state index in [1.807, 2.05) is 13.8 Å². The van der Waals surface area contributed by atoms with Crippen LogP contribution in [-0.2, 0) is 11.2 Å². The first-order chi connectivity index (χ1) is 14.3. The summed E-state index contributed by atoms with van der Waals surface area (Å²) in [4.78, 5) is 35.8. The largest absolute Gasteiger partial charge is 0.446 e. The SMILES string of the molecule is CC1(C)CCc2cc(F)cc(n2)[C@H]2COC(=O)N2c2ccn3ncc(c3n2)C(=O)N1. The number of hydrogen-bond donors (Lipinski definition) is 1. The summed E-state index contributed by atoms with van der Waals surface area (Å²) in [6.45, 7) is 3.82. The van der Waals surface area contributed by atoms with Gasteiger partial charge in [-0.25, -0.2) is 23.6 Å². The van der Waals surface area contributed by atoms with E-state index in [1.54, 1.807) is 12.3 Å². The summed E-state index contributed by atoms with van der Waals surface area (Å²) in [6, 6.07) is 3.65. The zero-order valence-electron chi connectivity index (χ0n) is 16.4. The van der Waals surface area contributed by atoms with Crippen LogP contribution in [0.4, 0.5) is 15.0 Å². The Morgan fingerprint density at radius 1 is 1.27 bits per heavy atom. The first kappa shape index (κ1) is 18.5. The fourth-order valence-corrected chi connectivity index (χ4v) is 3.80. The predicted molar refractivity (Wildman–Crippen MR) is 104 cm³/mol. The molecule has 4 bridgehead atoms. The van der Waals surface area contributed by atoms with E-state index in [4.69, 9.17) is 4.74 Å². The number of ether oxygens (including phenoxy) is 1. The lowest BCUT2D eigenvalue weighted by molar-refractivity contribution is 0.0910. The van der Waals surface area contributed by atoms with E-state index in [1.165, 1.54) is 27.7 Å². The Bertz CT molecular complexity index is 1190. The second-order valence-corrected chi connectivity index (χ2v) is 8.11. The van der Waals surface area contributed by atoms with E-state index < -0.39 is 23.5 Å². The van der Waals surface area contributed by atoms with Crippen molar-refractivity contribution in [1.82, 2.24) is 24.9 Å². The van der Waals surface area contributed by atoms with Gasteiger partial charge in [-0.3, -0.25) is 9.78 Å². The van der Waals surface area contributed by atoms with Gasteiger partial charge in [0.2, 0.25) is 0 Å². The molecule has 0 saturated carbocycles. The average Bonchev–Trinajstić information content (AvgIpc) is 3.28. The van der Waals surface area contributed by atoms with E-state index in [2.05, 4.69) is 20.4 Å². The molecule has 5 rings (SSSR count). The number of amides is 2. The first-order valence-corrected chi connectivity index (χ1v) is 9.60. The molecule has 0 aromatic carbocycles. The summed E-state index contributed by atoms with van der Waals surface area (Å²) in [7, 11) is 0. The summed E-state index contributed by atoms with van der Waals surface area (Å²) < 4.78 is 21.1. The molecular weight excluding hydrogens is 391 g/mol. The molecule has 154 valence electrons. The Kier molecular flexibility index (Phi) is 3.99. The Morgan fingerprint density at radius 2 is 2.10 bits per heavy atom. The maximum atomic E-state index is 14.4. The molecule has 0 unspecified atom stereocenters. The van der Waals surface area contributed by atoms with Crippen molar-refractivity contribution in [3.8, 4) is 0 Å². The number of anilines is 1. The number of pyridine rings is 1. The summed E-state index contributed by atoms with van der Waals surface area (Å²) >= 11 is 0. The van der Waals surface area contributed by atoms with Gasteiger partial charge in [0.1, 0.15) is 29.8 Å². The summed E-state index contributed by atoms with van der Waals surface area (Å²) in [5, 5.41) is 7.17. The molecule has 1 N–H and O–H groups in total. The molecule has 0 spiro atoms. The Labute approximate surface area is 170 Å². The van der Waals surface area contributed by atoms with Gasteiger partial charge in [0, 0.05) is 17.4 Å². The van der Waals surface area contributed by atoms with Crippen LogP contribution in [0.1, 0.15) is 48.1 Å². The minimum Gasteiger partial charge on any atom is -0.446 e. The second-order valence-electron chi connectivity index (χ2n) is 8.11. The van der Waals surface area contributed by atoms with E-state index >= 15 is 0 Å². The number of hydrogen-bond acceptors (Lipinski definition) is 6. The highest BCUT2D eigenvalue weighted by atomic mass is 19.1. The standard InChI is InChI=1S/C20H19FN6O3/c1-20(2)5-3-12-7-11(21)8-14(23-12)15-10-30-19(29)27(15)16-4-6-26-17(24-16)13(9-22-26)18(28)25-20/h4,6-9,15H,3,5,10H2,1-2H3,(H,25,28)/t15-/m1/s1. The smallest absolute Gasteiger partial charge is 0.416 e. The molecule has 0 aliphatic carbocycles. The van der Waals surface area contributed by atoms with E-state index in [0.717, 1.165) is 0 Å². The molecule has 5 heterocycles. The molecule has 2 aliphatic heterocycles. The van der Waals surface area contributed by atoms with Crippen LogP contribution in [0.25, 0.3) is 5.65 Å². The quantitative estimate of drug-likeness (QED) is 0.611. The van der Waals surface area contributed by atoms with Crippen LogP contribution in [0.3, 0.4) is 0 Å². The molecule has 2 aliphatic rings. The number of cyclic esters (lactones) is 1. The predicted octanol–water partition coefficient (Wildman–Crippen LogP) is 2.42. The van der Waals surface area contributed by atoms with E-state index in [-0.39, 0.29) is 18.3 Å². The fraction of sp³-hybridized carbons (Fsp3) is 0.350. The molecule has 1 saturated heterocycles. The number of aromatic nitrogens is 4. The molecule has 2 amide bonds. The van der Waals surface area contributed by atoms with Crippen molar-refractivity contribution in [1.29, 1.82) is 0 Å². The number of halogens is 1. The molecule has 3 aromatic heterocycles. The van der Waals surface area contributed by atoms with Crippen molar-refractivity contribution < 1.29 is 18.7 Å². The Morgan fingerprint density at radius 3 is 2.93 bits per heavy atom. The number of nitrogens with zero attached hydrogens (tertiary/aromatic N) is 5. The summed E-state index contributed by atoms with van der Waals surface area (Å²) in [5.74, 6) is -0.497. The lowest BCUT2D eigenvalue weighted by atomic mass is 9.96. The Balaban J connectivity index is 1.72. The third-order valence-corrected chi connectivity index (χ3v) is 5.38. The van der Waals surface area contributed by atoms with Gasteiger partial charge in [-0.05, 0) is 44.9 Å². The summed E-state index contributed by atoms with van der Waals surface area (Å²) in [5.41, 5.74) is 0.973. The molecule has 30 heavy (non-hydrogen) atoms. The third-order valence-electron chi connectivity index (χ3n) is 5.38. The van der Waals surface area contributed by atoms with Gasteiger partial charge in [0.25, 0.3) is 5.91 Å².